The molecule has 0 saturated carbocycles. The van der Waals surface area contributed by atoms with Crippen LogP contribution >= 0.6 is 0 Å². The van der Waals surface area contributed by atoms with E-state index in [4.69, 9.17) is 18.9 Å². The molecule has 2 aromatic rings. The van der Waals surface area contributed by atoms with E-state index in [0.717, 1.165) is 10.6 Å². The molecule has 2 aromatic carbocycles. The fraction of sp³-hybridized carbons (Fsp3) is 0.417. The molecule has 2 amide bonds. The number of carbonyl (C=O) groups excluding carboxylic acids is 2. The van der Waals surface area contributed by atoms with Crippen molar-refractivity contribution in [1.29, 1.82) is 0 Å². The Morgan fingerprint density at radius 1 is 1.00 bits per heavy atom. The van der Waals surface area contributed by atoms with Gasteiger partial charge in [0, 0.05) is 25.2 Å². The first-order valence-corrected chi connectivity index (χ1v) is 13.0. The lowest BCUT2D eigenvalue weighted by molar-refractivity contribution is -0.119. The highest BCUT2D eigenvalue weighted by Gasteiger charge is 2.23. The normalized spacial score (nSPS) is 13.6. The third-order valence-corrected chi connectivity index (χ3v) is 6.74. The Hall–Kier alpha value is -3.51. The van der Waals surface area contributed by atoms with Crippen LogP contribution in [0.25, 0.3) is 0 Å². The average Bonchev–Trinajstić information content (AvgIpc) is 2.89. The van der Waals surface area contributed by atoms with Gasteiger partial charge in [-0.25, -0.2) is 8.42 Å². The molecule has 1 fully saturated rings. The summed E-state index contributed by atoms with van der Waals surface area (Å²) in [5.41, 5.74) is 1.38. The van der Waals surface area contributed by atoms with E-state index in [1.54, 1.807) is 29.2 Å². The van der Waals surface area contributed by atoms with Gasteiger partial charge >= 0.3 is 0 Å². The van der Waals surface area contributed by atoms with Crippen LogP contribution in [-0.4, -0.2) is 85.6 Å². The molecular formula is C24H31N3O8S. The van der Waals surface area contributed by atoms with Crippen molar-refractivity contribution in [1.82, 2.24) is 10.2 Å². The molecule has 36 heavy (non-hydrogen) atoms. The molecule has 12 heteroatoms. The summed E-state index contributed by atoms with van der Waals surface area (Å²) in [6.45, 7) is 1.65. The van der Waals surface area contributed by atoms with Gasteiger partial charge in [-0.1, -0.05) is 0 Å². The molecule has 11 nitrogen and oxygen atoms in total. The number of hydrogen-bond donors (Lipinski definition) is 1. The highest BCUT2D eigenvalue weighted by atomic mass is 32.2. The van der Waals surface area contributed by atoms with Gasteiger partial charge in [0.15, 0.2) is 11.5 Å². The van der Waals surface area contributed by atoms with E-state index in [2.05, 4.69) is 5.32 Å². The molecule has 0 unspecified atom stereocenters. The summed E-state index contributed by atoms with van der Waals surface area (Å²) < 4.78 is 47.1. The standard InChI is InChI=1S/C24H31N3O8S/c1-32-20-13-17(14-21(33-2)23(20)34-3)15-25-22(28)16-27(36(4,30)31)19-7-5-18(6-8-19)24(29)26-9-11-35-12-10-26/h5-8,13-14H,9-12,15-16H2,1-4H3,(H,25,28). The number of anilines is 1. The summed E-state index contributed by atoms with van der Waals surface area (Å²) in [6.07, 6.45) is 1.02. The molecular weight excluding hydrogens is 490 g/mol. The Bertz CT molecular complexity index is 1150. The van der Waals surface area contributed by atoms with Crippen molar-refractivity contribution in [3.8, 4) is 17.2 Å². The van der Waals surface area contributed by atoms with Gasteiger partial charge in [0.05, 0.1) is 46.5 Å². The van der Waals surface area contributed by atoms with Gasteiger partial charge < -0.3 is 29.2 Å². The maximum Gasteiger partial charge on any atom is 0.254 e. The minimum Gasteiger partial charge on any atom is -0.493 e. The summed E-state index contributed by atoms with van der Waals surface area (Å²) in [4.78, 5) is 27.0. The Balaban J connectivity index is 1.70. The second kappa shape index (κ2) is 12.0. The highest BCUT2D eigenvalue weighted by Crippen LogP contribution is 2.38. The molecule has 0 aliphatic carbocycles. The quantitative estimate of drug-likeness (QED) is 0.496. The van der Waals surface area contributed by atoms with E-state index in [-0.39, 0.29) is 18.1 Å². The van der Waals surface area contributed by atoms with Gasteiger partial charge in [-0.05, 0) is 42.0 Å². The van der Waals surface area contributed by atoms with Crippen molar-refractivity contribution in [3.63, 3.8) is 0 Å². The number of morpholine rings is 1. The second-order valence-corrected chi connectivity index (χ2v) is 9.94. The summed E-state index contributed by atoms with van der Waals surface area (Å²) in [7, 11) is 0.696. The van der Waals surface area contributed by atoms with Crippen LogP contribution in [-0.2, 0) is 26.1 Å². The summed E-state index contributed by atoms with van der Waals surface area (Å²) in [5, 5.41) is 2.71. The second-order valence-electron chi connectivity index (χ2n) is 8.03. The maximum absolute atomic E-state index is 12.7. The molecule has 0 aromatic heterocycles. The van der Waals surface area contributed by atoms with Gasteiger partial charge in [0.2, 0.25) is 21.7 Å². The lowest BCUT2D eigenvalue weighted by Gasteiger charge is -2.27. The zero-order valence-corrected chi connectivity index (χ0v) is 21.6. The third kappa shape index (κ3) is 6.58. The van der Waals surface area contributed by atoms with Gasteiger partial charge in [0.1, 0.15) is 6.54 Å². The number of nitrogens with one attached hydrogen (secondary N) is 1. The van der Waals surface area contributed by atoms with E-state index >= 15 is 0 Å². The third-order valence-electron chi connectivity index (χ3n) is 5.60. The van der Waals surface area contributed by atoms with E-state index in [9.17, 15) is 18.0 Å². The Morgan fingerprint density at radius 3 is 2.08 bits per heavy atom. The predicted octanol–water partition coefficient (Wildman–Crippen LogP) is 1.27. The van der Waals surface area contributed by atoms with Crippen LogP contribution in [0, 0.1) is 0 Å². The van der Waals surface area contributed by atoms with Crippen LogP contribution in [0.5, 0.6) is 17.2 Å². The highest BCUT2D eigenvalue weighted by molar-refractivity contribution is 7.92. The van der Waals surface area contributed by atoms with E-state index in [0.29, 0.717) is 54.7 Å². The molecule has 1 saturated heterocycles. The van der Waals surface area contributed by atoms with Gasteiger partial charge in [-0.3, -0.25) is 13.9 Å². The van der Waals surface area contributed by atoms with Crippen molar-refractivity contribution in [3.05, 3.63) is 47.5 Å². The fourth-order valence-corrected chi connectivity index (χ4v) is 4.60. The Kier molecular flexibility index (Phi) is 8.99. The number of ether oxygens (including phenoxy) is 4. The topological polar surface area (TPSA) is 124 Å². The van der Waals surface area contributed by atoms with Crippen LogP contribution in [0.3, 0.4) is 0 Å². The number of carbonyl (C=O) groups is 2. The molecule has 3 rings (SSSR count). The summed E-state index contributed by atoms with van der Waals surface area (Å²) in [5.74, 6) is 0.631. The summed E-state index contributed by atoms with van der Waals surface area (Å²) in [6, 6.07) is 9.53. The molecule has 1 heterocycles. The van der Waals surface area contributed by atoms with Crippen molar-refractivity contribution >= 4 is 27.5 Å². The number of nitrogens with zero attached hydrogens (tertiary/aromatic N) is 2. The molecule has 0 bridgehead atoms. The minimum atomic E-state index is -3.78. The number of amides is 2. The van der Waals surface area contributed by atoms with Crippen LogP contribution in [0.2, 0.25) is 0 Å². The van der Waals surface area contributed by atoms with Crippen LogP contribution in [0.1, 0.15) is 15.9 Å². The molecule has 1 N–H and O–H groups in total. The van der Waals surface area contributed by atoms with Crippen molar-refractivity contribution in [2.24, 2.45) is 0 Å². The van der Waals surface area contributed by atoms with Gasteiger partial charge in [0.25, 0.3) is 5.91 Å². The first kappa shape index (κ1) is 27.1. The van der Waals surface area contributed by atoms with Gasteiger partial charge in [-0.15, -0.1) is 0 Å². The van der Waals surface area contributed by atoms with Crippen molar-refractivity contribution < 1.29 is 37.0 Å². The number of benzene rings is 2. The van der Waals surface area contributed by atoms with E-state index in [1.165, 1.54) is 33.5 Å². The zero-order chi connectivity index (χ0) is 26.3. The zero-order valence-electron chi connectivity index (χ0n) is 20.8. The van der Waals surface area contributed by atoms with Crippen LogP contribution in [0.4, 0.5) is 5.69 Å². The predicted molar refractivity (Wildman–Crippen MR) is 133 cm³/mol. The molecule has 1 aliphatic rings. The minimum absolute atomic E-state index is 0.111. The molecule has 0 spiro atoms. The number of sulfonamides is 1. The first-order valence-electron chi connectivity index (χ1n) is 11.2. The summed E-state index contributed by atoms with van der Waals surface area (Å²) >= 11 is 0. The smallest absolute Gasteiger partial charge is 0.254 e. The lowest BCUT2D eigenvalue weighted by atomic mass is 10.1. The van der Waals surface area contributed by atoms with Crippen molar-refractivity contribution in [2.45, 2.75) is 6.54 Å². The van der Waals surface area contributed by atoms with E-state index in [1.807, 2.05) is 0 Å². The van der Waals surface area contributed by atoms with E-state index < -0.39 is 22.5 Å². The fourth-order valence-electron chi connectivity index (χ4n) is 3.74. The SMILES string of the molecule is COc1cc(CNC(=O)CN(c2ccc(C(=O)N3CCOCC3)cc2)S(C)(=O)=O)cc(OC)c1OC. The molecule has 196 valence electrons. The van der Waals surface area contributed by atoms with Crippen molar-refractivity contribution in [2.75, 3.05) is 64.7 Å². The molecule has 0 atom stereocenters. The Morgan fingerprint density at radius 2 is 1.58 bits per heavy atom. The average molecular weight is 522 g/mol. The number of rotatable bonds is 10. The lowest BCUT2D eigenvalue weighted by Crippen LogP contribution is -2.41. The monoisotopic (exact) mass is 521 g/mol. The Labute approximate surface area is 210 Å². The number of methoxy groups -OCH3 is 3. The molecule has 0 radical (unpaired) electrons. The largest absolute Gasteiger partial charge is 0.493 e. The van der Waals surface area contributed by atoms with Crippen LogP contribution in [0.15, 0.2) is 36.4 Å². The molecule has 1 aliphatic heterocycles. The first-order chi connectivity index (χ1) is 17.2. The maximum atomic E-state index is 12.7. The van der Waals surface area contributed by atoms with Gasteiger partial charge in [-0.2, -0.15) is 0 Å². The van der Waals surface area contributed by atoms with Crippen LogP contribution < -0.4 is 23.8 Å². The number of hydrogen-bond acceptors (Lipinski definition) is 8.